The van der Waals surface area contributed by atoms with Crippen LogP contribution in [0.15, 0.2) is 0 Å². The molecule has 0 aliphatic carbocycles. The van der Waals surface area contributed by atoms with Crippen LogP contribution in [-0.4, -0.2) is 21.6 Å². The van der Waals surface area contributed by atoms with Crippen LogP contribution in [0.1, 0.15) is 0 Å². The van der Waals surface area contributed by atoms with Gasteiger partial charge in [0.15, 0.2) is 0 Å². The summed E-state index contributed by atoms with van der Waals surface area (Å²) in [6.45, 7) is 0. The van der Waals surface area contributed by atoms with Gasteiger partial charge in [0.2, 0.25) is 0 Å². The van der Waals surface area contributed by atoms with E-state index in [-0.39, 0.29) is 59.1 Å². The fourth-order valence-electron chi connectivity index (χ4n) is 0. The van der Waals surface area contributed by atoms with E-state index in [4.69, 9.17) is 0 Å². The van der Waals surface area contributed by atoms with E-state index in [2.05, 4.69) is 3.73 Å². The molecule has 0 amide bonds. The Morgan fingerprint density at radius 1 is 1.38 bits per heavy atom. The average molecular weight is 200 g/mol. The standard InChI is InChI=1S/CH5AsO4.2Na/c1-6-2(3,4)5;;/h1H3,(H2,3,4,5);;/q;2*+1/p-2. The number of rotatable bonds is 1. The van der Waals surface area contributed by atoms with E-state index in [1.807, 2.05) is 0 Å². The summed E-state index contributed by atoms with van der Waals surface area (Å²) in [6, 6.07) is 0. The fourth-order valence-corrected chi connectivity index (χ4v) is 0. The molecule has 0 N–H and O–H groups in total. The summed E-state index contributed by atoms with van der Waals surface area (Å²) in [6.07, 6.45) is 0. The molecule has 7 heteroatoms. The van der Waals surface area contributed by atoms with Gasteiger partial charge in [0, 0.05) is 0 Å². The van der Waals surface area contributed by atoms with Crippen molar-refractivity contribution >= 4 is 14.5 Å². The van der Waals surface area contributed by atoms with Crippen molar-refractivity contribution in [3.05, 3.63) is 0 Å². The van der Waals surface area contributed by atoms with Crippen molar-refractivity contribution in [1.82, 2.24) is 0 Å². The zero-order valence-corrected chi connectivity index (χ0v) is 11.0. The third kappa shape index (κ3) is 15.7. The second kappa shape index (κ2) is 7.35. The predicted octanol–water partition coefficient (Wildman–Crippen LogP) is -8.77. The first-order chi connectivity index (χ1) is 2.56. The second-order valence-corrected chi connectivity index (χ2v) is 3.27. The molecule has 0 saturated carbocycles. The summed E-state index contributed by atoms with van der Waals surface area (Å²) in [7, 11) is 0.847. The van der Waals surface area contributed by atoms with Crippen molar-refractivity contribution in [2.24, 2.45) is 0 Å². The van der Waals surface area contributed by atoms with E-state index in [1.165, 1.54) is 0 Å². The van der Waals surface area contributed by atoms with Crippen LogP contribution in [0.25, 0.3) is 0 Å². The summed E-state index contributed by atoms with van der Waals surface area (Å²) in [5, 5.41) is 0. The van der Waals surface area contributed by atoms with Gasteiger partial charge in [-0.2, -0.15) is 0 Å². The molecule has 0 aromatic rings. The van der Waals surface area contributed by atoms with E-state index in [0.717, 1.165) is 7.11 Å². The first kappa shape index (κ1) is 16.7. The molecule has 8 heavy (non-hydrogen) atoms. The zero-order valence-electron chi connectivity index (χ0n) is 5.08. The SMILES string of the molecule is CO[As](=O)([O-])[O-].[Na+].[Na+]. The van der Waals surface area contributed by atoms with E-state index in [0.29, 0.717) is 0 Å². The summed E-state index contributed by atoms with van der Waals surface area (Å²) in [5.74, 6) is 0. The molecule has 0 atom stereocenters. The first-order valence-corrected chi connectivity index (χ1v) is 4.20. The molecule has 0 radical (unpaired) electrons. The van der Waals surface area contributed by atoms with E-state index >= 15 is 0 Å². The molecule has 0 aromatic heterocycles. The van der Waals surface area contributed by atoms with Crippen LogP contribution in [0.3, 0.4) is 0 Å². The third-order valence-corrected chi connectivity index (χ3v) is 1.16. The van der Waals surface area contributed by atoms with Crippen molar-refractivity contribution in [3.63, 3.8) is 0 Å². The van der Waals surface area contributed by atoms with Gasteiger partial charge >= 0.3 is 96.4 Å². The average Bonchev–Trinajstić information content (AvgIpc) is 1.35. The molecule has 0 fully saturated rings. The molecular formula is CH3AsNa2O4. The normalized spacial score (nSPS) is 8.88. The van der Waals surface area contributed by atoms with E-state index in [9.17, 15) is 11.9 Å². The fraction of sp³-hybridized carbons (Fsp3) is 1.00. The Bertz CT molecular complexity index is 78.1. The molecule has 0 aliphatic rings. The molecule has 0 aliphatic heterocycles. The summed E-state index contributed by atoms with van der Waals surface area (Å²) in [4.78, 5) is 0. The first-order valence-electron chi connectivity index (χ1n) is 1.14. The Labute approximate surface area is 94.9 Å². The van der Waals surface area contributed by atoms with Crippen LogP contribution in [0.5, 0.6) is 0 Å². The molecule has 0 rings (SSSR count). The Hall–Kier alpha value is 2.24. The van der Waals surface area contributed by atoms with Gasteiger partial charge in [-0.1, -0.05) is 0 Å². The van der Waals surface area contributed by atoms with Gasteiger partial charge < -0.3 is 0 Å². The maximum absolute atomic E-state index is 9.31. The van der Waals surface area contributed by atoms with Gasteiger partial charge in [-0.3, -0.25) is 0 Å². The largest absolute Gasteiger partial charge is 1.00 e. The smallest absolute Gasteiger partial charge is 1.00 e. The van der Waals surface area contributed by atoms with Crippen LogP contribution < -0.4 is 67.3 Å². The minimum Gasteiger partial charge on any atom is 1.00 e. The maximum atomic E-state index is 9.31. The minimum absolute atomic E-state index is 0. The summed E-state index contributed by atoms with van der Waals surface area (Å²) in [5.41, 5.74) is 0. The predicted molar refractivity (Wildman–Crippen MR) is 13.4 cm³/mol. The van der Waals surface area contributed by atoms with Gasteiger partial charge in [0.1, 0.15) is 0 Å². The molecule has 0 unspecified atom stereocenters. The topological polar surface area (TPSA) is 72.4 Å². The monoisotopic (exact) mass is 200 g/mol. The molecule has 38 valence electrons. The molecular weight excluding hydrogens is 197 g/mol. The van der Waals surface area contributed by atoms with Gasteiger partial charge in [-0.15, -0.1) is 0 Å². The van der Waals surface area contributed by atoms with Crippen LogP contribution >= 0.6 is 0 Å². The van der Waals surface area contributed by atoms with Crippen LogP contribution in [0, 0.1) is 0 Å². The summed E-state index contributed by atoms with van der Waals surface area (Å²) >= 11 is -5.16. The molecule has 0 aromatic carbocycles. The summed E-state index contributed by atoms with van der Waals surface area (Å²) < 4.78 is 31.4. The third-order valence-electron chi connectivity index (χ3n) is 0.224. The van der Waals surface area contributed by atoms with Gasteiger partial charge in [-0.25, -0.2) is 0 Å². The molecule has 0 spiro atoms. The van der Waals surface area contributed by atoms with E-state index < -0.39 is 14.5 Å². The quantitative estimate of drug-likeness (QED) is 0.394. The molecule has 0 saturated heterocycles. The van der Waals surface area contributed by atoms with E-state index in [1.54, 1.807) is 0 Å². The van der Waals surface area contributed by atoms with Crippen LogP contribution in [0.4, 0.5) is 0 Å². The number of hydrogen-bond acceptors (Lipinski definition) is 4. The van der Waals surface area contributed by atoms with Crippen LogP contribution in [-0.2, 0) is 7.47 Å². The Morgan fingerprint density at radius 3 is 1.50 bits per heavy atom. The van der Waals surface area contributed by atoms with Crippen molar-refractivity contribution < 1.29 is 74.8 Å². The second-order valence-electron chi connectivity index (χ2n) is 0.630. The Balaban J connectivity index is -0.000000125. The minimum atomic E-state index is -5.16. The van der Waals surface area contributed by atoms with Crippen LogP contribution in [0.2, 0.25) is 0 Å². The molecule has 0 heterocycles. The Morgan fingerprint density at radius 2 is 1.50 bits per heavy atom. The van der Waals surface area contributed by atoms with Gasteiger partial charge in [-0.05, 0) is 0 Å². The number of hydrogen-bond donors (Lipinski definition) is 0. The van der Waals surface area contributed by atoms with Crippen molar-refractivity contribution in [3.8, 4) is 0 Å². The molecule has 0 bridgehead atoms. The van der Waals surface area contributed by atoms with Crippen molar-refractivity contribution in [2.45, 2.75) is 0 Å². The van der Waals surface area contributed by atoms with Crippen molar-refractivity contribution in [1.29, 1.82) is 0 Å². The Kier molecular flexibility index (Phi) is 15.3. The zero-order chi connectivity index (χ0) is 5.21. The maximum Gasteiger partial charge on any atom is 1.00 e. The van der Waals surface area contributed by atoms with Crippen molar-refractivity contribution in [2.75, 3.05) is 7.11 Å². The van der Waals surface area contributed by atoms with Gasteiger partial charge in [0.05, 0.1) is 0 Å². The molecule has 4 nitrogen and oxygen atoms in total. The van der Waals surface area contributed by atoms with Gasteiger partial charge in [0.25, 0.3) is 0 Å².